The number of rotatable bonds is 59. The molecule has 35 heteroatoms. The van der Waals surface area contributed by atoms with Crippen molar-refractivity contribution in [3.8, 4) is 0 Å². The Labute approximate surface area is 647 Å². The molecule has 618 valence electrons. The fraction of sp³-hybridized carbons (Fsp3) is 0.653. The molecule has 29 N–H and O–H groups in total. The van der Waals surface area contributed by atoms with Gasteiger partial charge in [0.1, 0.15) is 66.5 Å². The maximum Gasteiger partial charge on any atom is 0.243 e. The number of unbranched alkanes of at least 4 members (excludes halogenated alkanes) is 6. The number of nitrogens with one attached hydrogen (secondary N) is 13. The first-order chi connectivity index (χ1) is 52.6. The number of hydrogen-bond acceptors (Lipinski definition) is 21. The van der Waals surface area contributed by atoms with Crippen molar-refractivity contribution < 1.29 is 67.1 Å². The van der Waals surface area contributed by atoms with Gasteiger partial charge >= 0.3 is 0 Å². The molecule has 0 heterocycles. The molecule has 0 aromatic heterocycles. The van der Waals surface area contributed by atoms with Crippen LogP contribution in [0.3, 0.4) is 0 Å². The van der Waals surface area contributed by atoms with Crippen LogP contribution in [0.15, 0.2) is 60.7 Å². The topological polar surface area (TPSA) is 604 Å². The van der Waals surface area contributed by atoms with E-state index < -0.39 is 162 Å². The number of nitrogens with two attached hydrogens (primary N) is 8. The van der Waals surface area contributed by atoms with E-state index >= 15 is 0 Å². The van der Waals surface area contributed by atoms with E-state index in [0.717, 1.165) is 0 Å². The van der Waals surface area contributed by atoms with E-state index in [-0.39, 0.29) is 102 Å². The second-order valence-electron chi connectivity index (χ2n) is 28.1. The molecule has 2 rings (SSSR count). The highest BCUT2D eigenvalue weighted by molar-refractivity contribution is 5.99. The maximum absolute atomic E-state index is 14.8. The third-order valence-corrected chi connectivity index (χ3v) is 18.3. The third-order valence-electron chi connectivity index (χ3n) is 18.3. The smallest absolute Gasteiger partial charge is 0.243 e. The van der Waals surface area contributed by atoms with E-state index in [1.54, 1.807) is 67.6 Å². The molecule has 2 aromatic carbocycles. The molecule has 110 heavy (non-hydrogen) atoms. The van der Waals surface area contributed by atoms with Crippen molar-refractivity contribution in [1.82, 2.24) is 69.1 Å². The zero-order valence-electron chi connectivity index (χ0n) is 65.0. The van der Waals surface area contributed by atoms with Gasteiger partial charge in [-0.25, -0.2) is 0 Å². The van der Waals surface area contributed by atoms with Gasteiger partial charge in [-0.3, -0.25) is 67.1 Å². The van der Waals surface area contributed by atoms with Crippen LogP contribution in [-0.4, -0.2) is 208 Å². The van der Waals surface area contributed by atoms with Crippen molar-refractivity contribution in [3.63, 3.8) is 0 Å². The van der Waals surface area contributed by atoms with Gasteiger partial charge in [0.15, 0.2) is 0 Å². The zero-order valence-corrected chi connectivity index (χ0v) is 65.0. The quantitative estimate of drug-likeness (QED) is 0.0284. The number of hydrogen-bond donors (Lipinski definition) is 21. The first kappa shape index (κ1) is 96.8. The van der Waals surface area contributed by atoms with Crippen molar-refractivity contribution in [2.75, 3.05) is 58.9 Å². The molecule has 12 atom stereocenters. The lowest BCUT2D eigenvalue weighted by Crippen LogP contribution is -2.61. The summed E-state index contributed by atoms with van der Waals surface area (Å²) in [6.07, 6.45) is 6.18. The highest BCUT2D eigenvalue weighted by atomic mass is 16.2. The van der Waals surface area contributed by atoms with Crippen LogP contribution in [0, 0.1) is 11.8 Å². The van der Waals surface area contributed by atoms with E-state index in [4.69, 9.17) is 45.9 Å². The van der Waals surface area contributed by atoms with Gasteiger partial charge in [0.25, 0.3) is 0 Å². The summed E-state index contributed by atoms with van der Waals surface area (Å²) in [6.45, 7) is 8.62. The van der Waals surface area contributed by atoms with Gasteiger partial charge in [-0.1, -0.05) is 94.8 Å². The molecule has 2 aromatic rings. The van der Waals surface area contributed by atoms with Crippen LogP contribution in [0.4, 0.5) is 0 Å². The van der Waals surface area contributed by atoms with Crippen LogP contribution in [0.5, 0.6) is 0 Å². The highest BCUT2D eigenvalue weighted by Gasteiger charge is 2.37. The maximum atomic E-state index is 14.8. The second-order valence-corrected chi connectivity index (χ2v) is 28.1. The molecule has 14 amide bonds. The van der Waals surface area contributed by atoms with Crippen molar-refractivity contribution >= 4 is 82.7 Å². The number of primary amides is 1. The number of amides is 14. The van der Waals surface area contributed by atoms with Gasteiger partial charge in [0.05, 0.1) is 19.6 Å². The molecule has 0 radical (unpaired) electrons. The normalized spacial score (nSPS) is 14.4. The third kappa shape index (κ3) is 39.4. The molecule has 0 aliphatic carbocycles. The second kappa shape index (κ2) is 56.0. The van der Waals surface area contributed by atoms with E-state index in [2.05, 4.69) is 69.1 Å². The minimum atomic E-state index is -1.36. The van der Waals surface area contributed by atoms with Crippen LogP contribution in [0.2, 0.25) is 0 Å². The lowest BCUT2D eigenvalue weighted by atomic mass is 9.97. The molecule has 0 aliphatic rings. The minimum Gasteiger partial charge on any atom is -0.368 e. The van der Waals surface area contributed by atoms with E-state index in [0.29, 0.717) is 108 Å². The number of benzene rings is 2. The fourth-order valence-electron chi connectivity index (χ4n) is 11.7. The zero-order chi connectivity index (χ0) is 81.9. The van der Waals surface area contributed by atoms with Gasteiger partial charge in [-0.2, -0.15) is 0 Å². The molecule has 35 nitrogen and oxygen atoms in total. The Balaban J connectivity index is 2.41. The van der Waals surface area contributed by atoms with Gasteiger partial charge in [-0.15, -0.1) is 0 Å². The van der Waals surface area contributed by atoms with Crippen LogP contribution in [0.25, 0.3) is 0 Å². The Morgan fingerprint density at radius 1 is 0.318 bits per heavy atom. The predicted molar refractivity (Wildman–Crippen MR) is 418 cm³/mol. The first-order valence-electron chi connectivity index (χ1n) is 38.7. The van der Waals surface area contributed by atoms with Gasteiger partial charge < -0.3 is 115 Å². The Morgan fingerprint density at radius 3 is 0.973 bits per heavy atom. The van der Waals surface area contributed by atoms with Crippen LogP contribution in [-0.2, 0) is 80.0 Å². The summed E-state index contributed by atoms with van der Waals surface area (Å²) in [7, 11) is 0. The molecule has 0 unspecified atom stereocenters. The van der Waals surface area contributed by atoms with Gasteiger partial charge in [0.2, 0.25) is 82.7 Å². The Hall–Kier alpha value is -9.26. The lowest BCUT2D eigenvalue weighted by Gasteiger charge is -2.29. The van der Waals surface area contributed by atoms with E-state index in [9.17, 15) is 67.1 Å². The highest BCUT2D eigenvalue weighted by Crippen LogP contribution is 2.16. The van der Waals surface area contributed by atoms with Crippen LogP contribution < -0.4 is 115 Å². The lowest BCUT2D eigenvalue weighted by molar-refractivity contribution is -0.136. The van der Waals surface area contributed by atoms with Gasteiger partial charge in [-0.05, 0) is 191 Å². The monoisotopic (exact) mass is 1550 g/mol. The van der Waals surface area contributed by atoms with E-state index in [1.165, 1.54) is 6.92 Å². The fourth-order valence-corrected chi connectivity index (χ4v) is 11.7. The Morgan fingerprint density at radius 2 is 0.618 bits per heavy atom. The molecule has 0 aliphatic heterocycles. The molecular weight excluding hydrogens is 1420 g/mol. The van der Waals surface area contributed by atoms with Crippen molar-refractivity contribution in [3.05, 3.63) is 71.8 Å². The number of carbonyl (C=O) groups is 14. The average Bonchev–Trinajstić information content (AvgIpc) is 0.853. The summed E-state index contributed by atoms with van der Waals surface area (Å²) in [4.78, 5) is 194. The minimum absolute atomic E-state index is 0.0249. The average molecular weight is 1550 g/mol. The van der Waals surface area contributed by atoms with Crippen LogP contribution in [0.1, 0.15) is 174 Å². The molecule has 0 spiro atoms. The molecule has 0 saturated heterocycles. The van der Waals surface area contributed by atoms with Crippen molar-refractivity contribution in [1.29, 1.82) is 0 Å². The first-order valence-corrected chi connectivity index (χ1v) is 38.7. The predicted octanol–water partition coefficient (Wildman–Crippen LogP) is -3.63. The molecular formula is C75H129N21O14. The van der Waals surface area contributed by atoms with E-state index in [1.807, 2.05) is 20.8 Å². The SMILES string of the molecule is CC[C@H](C)[C@H](NC(=O)CN)C(=O)N[C@@H](CCCCN)C(=O)N[C@@H](CCCCN)C(=O)N[C@@H](Cc1ccccc1)C(=O)N[C@@H](CC(C)C)C(=O)N[C@@H](CCCCN)C(=O)N[C@@H](CCCCN)C(=O)N[C@@H](C)C(=O)NCC(=O)N[C@@H](CCCCN)C(=O)N[C@@H](Cc1ccccc1)C(=O)NCC(=O)N[C@@H](CCCCN)C(N)=O. The number of carbonyl (C=O) groups excluding carboxylic acids is 14. The summed E-state index contributed by atoms with van der Waals surface area (Å²) in [6, 6.07) is 3.79. The summed E-state index contributed by atoms with van der Waals surface area (Å²) < 4.78 is 0. The Bertz CT molecular complexity index is 3160. The standard InChI is InChI=1S/C75H129N21O14/c1-6-48(4)64(96-61(97)44-82)75(110)92-57(34-18-24-40-81)71(106)90-56(33-17-23-39-80)72(107)95-60(43-51-27-11-8-12-28-51)74(109)93-58(41-47(2)3)73(108)91-55(32-16-22-38-79)70(105)89-54(31-15-21-37-78)68(103)86-49(5)66(101)84-45-63(99)88-53(30-14-20-36-77)69(104)94-59(42-50-25-9-7-10-26-50)67(102)85-46-62(98)87-52(65(83)100)29-13-19-35-76/h7-12,25-28,47-49,52-60,64H,6,13-24,29-46,76-82H2,1-5H3,(H2,83,100)(H,84,101)(H,85,102)(H,86,103)(H,87,98)(H,88,99)(H,89,105)(H,90,106)(H,91,108)(H,92,110)(H,93,109)(H,94,104)(H,95,107)(H,96,97)/t48-,49-,52-,53-,54-,55-,56-,57-,58-,59-,60-,64-/m0/s1. The summed E-state index contributed by atoms with van der Waals surface area (Å²) in [5.74, 6) is -11.1. The van der Waals surface area contributed by atoms with Crippen molar-refractivity contribution in [2.45, 2.75) is 242 Å². The van der Waals surface area contributed by atoms with Gasteiger partial charge in [0, 0.05) is 12.8 Å². The summed E-state index contributed by atoms with van der Waals surface area (Å²) >= 11 is 0. The summed E-state index contributed by atoms with van der Waals surface area (Å²) in [5, 5.41) is 34.7. The molecule has 0 fully saturated rings. The Kier molecular flexibility index (Phi) is 49.3. The molecule has 0 saturated carbocycles. The molecule has 0 bridgehead atoms. The van der Waals surface area contributed by atoms with Crippen molar-refractivity contribution in [2.24, 2.45) is 57.7 Å². The van der Waals surface area contributed by atoms with Crippen LogP contribution >= 0.6 is 0 Å². The largest absolute Gasteiger partial charge is 0.368 e. The summed E-state index contributed by atoms with van der Waals surface area (Å²) in [5.41, 5.74) is 47.0.